The minimum absolute atomic E-state index is 0.164. The monoisotopic (exact) mass is 333 g/mol. The van der Waals surface area contributed by atoms with E-state index in [1.807, 2.05) is 6.07 Å². The van der Waals surface area contributed by atoms with E-state index in [2.05, 4.69) is 10.6 Å². The Balaban J connectivity index is 2.10. The number of carbonyl (C=O) groups excluding carboxylic acids is 2. The number of nitrogens with one attached hydrogen (secondary N) is 2. The van der Waals surface area contributed by atoms with Gasteiger partial charge in [-0.2, -0.15) is 5.26 Å². The van der Waals surface area contributed by atoms with Crippen molar-refractivity contribution in [2.24, 2.45) is 0 Å². The molecule has 0 saturated carbocycles. The minimum atomic E-state index is -0.919. The molecule has 2 rings (SSSR count). The average Bonchev–Trinajstić information content (AvgIpc) is 2.51. The van der Waals surface area contributed by atoms with Gasteiger partial charge in [0, 0.05) is 5.69 Å². The van der Waals surface area contributed by atoms with Crippen LogP contribution in [0.15, 0.2) is 42.5 Å². The van der Waals surface area contributed by atoms with Gasteiger partial charge in [-0.25, -0.2) is 0 Å². The molecule has 2 aromatic rings. The van der Waals surface area contributed by atoms with Crippen molar-refractivity contribution >= 4 is 46.4 Å². The van der Waals surface area contributed by atoms with Crippen LogP contribution in [0.5, 0.6) is 0 Å². The second-order valence-corrected chi connectivity index (χ2v) is 5.01. The molecule has 2 aromatic carbocycles. The average molecular weight is 334 g/mol. The van der Waals surface area contributed by atoms with Crippen LogP contribution in [0.25, 0.3) is 0 Å². The van der Waals surface area contributed by atoms with Gasteiger partial charge in [0.2, 0.25) is 0 Å². The topological polar surface area (TPSA) is 82.0 Å². The largest absolute Gasteiger partial charge is 0.318 e. The van der Waals surface area contributed by atoms with Gasteiger partial charge in [0.1, 0.15) is 0 Å². The quantitative estimate of drug-likeness (QED) is 0.826. The van der Waals surface area contributed by atoms with E-state index in [9.17, 15) is 9.59 Å². The van der Waals surface area contributed by atoms with Gasteiger partial charge < -0.3 is 10.6 Å². The van der Waals surface area contributed by atoms with Crippen LogP contribution < -0.4 is 10.6 Å². The third-order valence-corrected chi connectivity index (χ3v) is 3.29. The number of benzene rings is 2. The molecular formula is C15H9Cl2N3O2. The Morgan fingerprint density at radius 3 is 2.18 bits per heavy atom. The minimum Gasteiger partial charge on any atom is -0.318 e. The van der Waals surface area contributed by atoms with E-state index in [1.54, 1.807) is 24.3 Å². The molecule has 0 aliphatic heterocycles. The number of amides is 2. The second-order valence-electron chi connectivity index (χ2n) is 4.20. The maximum Gasteiger partial charge on any atom is 0.314 e. The number of carbonyl (C=O) groups is 2. The highest BCUT2D eigenvalue weighted by atomic mass is 35.5. The first-order valence-corrected chi connectivity index (χ1v) is 6.83. The summed E-state index contributed by atoms with van der Waals surface area (Å²) in [6, 6.07) is 12.8. The van der Waals surface area contributed by atoms with Gasteiger partial charge in [-0.1, -0.05) is 35.3 Å². The normalized spacial score (nSPS) is 9.68. The lowest BCUT2D eigenvalue weighted by Gasteiger charge is -2.09. The highest BCUT2D eigenvalue weighted by molar-refractivity contribution is 6.46. The first-order chi connectivity index (χ1) is 10.5. The molecule has 0 saturated heterocycles. The lowest BCUT2D eigenvalue weighted by atomic mass is 10.2. The molecule has 0 unspecified atom stereocenters. The summed E-state index contributed by atoms with van der Waals surface area (Å²) in [7, 11) is 0. The van der Waals surface area contributed by atoms with E-state index in [4.69, 9.17) is 28.5 Å². The fourth-order valence-corrected chi connectivity index (χ4v) is 2.13. The van der Waals surface area contributed by atoms with Gasteiger partial charge in [-0.05, 0) is 30.3 Å². The molecule has 0 aromatic heterocycles. The van der Waals surface area contributed by atoms with Gasteiger partial charge in [0.05, 0.1) is 27.4 Å². The Hall–Kier alpha value is -2.55. The zero-order valence-electron chi connectivity index (χ0n) is 11.1. The molecule has 110 valence electrons. The Kier molecular flexibility index (Phi) is 4.99. The molecule has 2 N–H and O–H groups in total. The van der Waals surface area contributed by atoms with Crippen LogP contribution in [0.4, 0.5) is 11.4 Å². The number of nitrogens with zero attached hydrogens (tertiary/aromatic N) is 1. The van der Waals surface area contributed by atoms with E-state index < -0.39 is 11.8 Å². The summed E-state index contributed by atoms with van der Waals surface area (Å²) in [5, 5.41) is 14.0. The summed E-state index contributed by atoms with van der Waals surface area (Å²) in [5.74, 6) is -1.82. The van der Waals surface area contributed by atoms with Crippen LogP contribution in [-0.4, -0.2) is 11.8 Å². The summed E-state index contributed by atoms with van der Waals surface area (Å²) in [6.45, 7) is 0. The third kappa shape index (κ3) is 3.76. The van der Waals surface area contributed by atoms with Crippen molar-refractivity contribution in [2.75, 3.05) is 10.6 Å². The maximum absolute atomic E-state index is 11.9. The zero-order valence-corrected chi connectivity index (χ0v) is 12.6. The molecule has 0 heterocycles. The smallest absolute Gasteiger partial charge is 0.314 e. The lowest BCUT2D eigenvalue weighted by Crippen LogP contribution is -2.29. The van der Waals surface area contributed by atoms with Crippen molar-refractivity contribution < 1.29 is 9.59 Å². The van der Waals surface area contributed by atoms with Crippen LogP contribution in [0.2, 0.25) is 10.0 Å². The molecule has 2 amide bonds. The van der Waals surface area contributed by atoms with Crippen molar-refractivity contribution in [3.05, 3.63) is 58.1 Å². The maximum atomic E-state index is 11.9. The van der Waals surface area contributed by atoms with E-state index >= 15 is 0 Å². The first kappa shape index (κ1) is 15.8. The lowest BCUT2D eigenvalue weighted by molar-refractivity contribution is -0.132. The van der Waals surface area contributed by atoms with Crippen molar-refractivity contribution in [2.45, 2.75) is 0 Å². The standard InChI is InChI=1S/C15H9Cl2N3O2/c16-11-5-2-6-12(17)13(11)20-15(22)14(21)19-10-4-1-3-9(7-10)8-18/h1-7H,(H,19,21)(H,20,22). The SMILES string of the molecule is N#Cc1cccc(NC(=O)C(=O)Nc2c(Cl)cccc2Cl)c1. The van der Waals surface area contributed by atoms with E-state index in [-0.39, 0.29) is 15.7 Å². The van der Waals surface area contributed by atoms with Gasteiger partial charge >= 0.3 is 11.8 Å². The second kappa shape index (κ2) is 6.94. The number of hydrogen-bond acceptors (Lipinski definition) is 3. The van der Waals surface area contributed by atoms with Crippen LogP contribution in [0.3, 0.4) is 0 Å². The van der Waals surface area contributed by atoms with Crippen LogP contribution in [-0.2, 0) is 9.59 Å². The Bertz CT molecular complexity index is 764. The number of para-hydroxylation sites is 1. The van der Waals surface area contributed by atoms with Crippen LogP contribution >= 0.6 is 23.2 Å². The molecule has 5 nitrogen and oxygen atoms in total. The molecule has 0 fully saturated rings. The molecule has 0 atom stereocenters. The Morgan fingerprint density at radius 2 is 1.55 bits per heavy atom. The summed E-state index contributed by atoms with van der Waals surface area (Å²) >= 11 is 11.8. The first-order valence-electron chi connectivity index (χ1n) is 6.08. The summed E-state index contributed by atoms with van der Waals surface area (Å²) in [6.07, 6.45) is 0. The van der Waals surface area contributed by atoms with Crippen molar-refractivity contribution in [3.8, 4) is 6.07 Å². The zero-order chi connectivity index (χ0) is 16.1. The van der Waals surface area contributed by atoms with Gasteiger partial charge in [0.15, 0.2) is 0 Å². The summed E-state index contributed by atoms with van der Waals surface area (Å²) in [4.78, 5) is 23.7. The number of halogens is 2. The Labute approximate surface area is 136 Å². The molecule has 22 heavy (non-hydrogen) atoms. The highest BCUT2D eigenvalue weighted by Crippen LogP contribution is 2.29. The van der Waals surface area contributed by atoms with E-state index in [1.165, 1.54) is 18.2 Å². The van der Waals surface area contributed by atoms with Crippen molar-refractivity contribution in [1.82, 2.24) is 0 Å². The van der Waals surface area contributed by atoms with Crippen LogP contribution in [0, 0.1) is 11.3 Å². The van der Waals surface area contributed by atoms with Crippen LogP contribution in [0.1, 0.15) is 5.56 Å². The fraction of sp³-hybridized carbons (Fsp3) is 0. The van der Waals surface area contributed by atoms with Crippen molar-refractivity contribution in [3.63, 3.8) is 0 Å². The number of rotatable bonds is 2. The number of hydrogen-bond donors (Lipinski definition) is 2. The molecule has 0 aliphatic carbocycles. The molecule has 0 radical (unpaired) electrons. The summed E-state index contributed by atoms with van der Waals surface area (Å²) < 4.78 is 0. The third-order valence-electron chi connectivity index (χ3n) is 2.66. The Morgan fingerprint density at radius 1 is 0.955 bits per heavy atom. The predicted molar refractivity (Wildman–Crippen MR) is 84.9 cm³/mol. The molecule has 7 heteroatoms. The summed E-state index contributed by atoms with van der Waals surface area (Å²) in [5.41, 5.74) is 0.869. The van der Waals surface area contributed by atoms with E-state index in [0.717, 1.165) is 0 Å². The molecule has 0 bridgehead atoms. The van der Waals surface area contributed by atoms with Gasteiger partial charge in [-0.3, -0.25) is 9.59 Å². The molecule has 0 spiro atoms. The molecular weight excluding hydrogens is 325 g/mol. The highest BCUT2D eigenvalue weighted by Gasteiger charge is 2.17. The number of nitriles is 1. The molecule has 0 aliphatic rings. The van der Waals surface area contributed by atoms with Gasteiger partial charge in [0.25, 0.3) is 0 Å². The predicted octanol–water partition coefficient (Wildman–Crippen LogP) is 3.44. The van der Waals surface area contributed by atoms with Crippen molar-refractivity contribution in [1.29, 1.82) is 5.26 Å². The van der Waals surface area contributed by atoms with E-state index in [0.29, 0.717) is 11.3 Å². The van der Waals surface area contributed by atoms with Gasteiger partial charge in [-0.15, -0.1) is 0 Å². The number of anilines is 2. The fourth-order valence-electron chi connectivity index (χ4n) is 1.64.